The van der Waals surface area contributed by atoms with Gasteiger partial charge in [-0.25, -0.2) is 9.80 Å². The first kappa shape index (κ1) is 27.7. The van der Waals surface area contributed by atoms with E-state index in [0.717, 1.165) is 37.8 Å². The molecule has 3 saturated heterocycles. The Kier molecular flexibility index (Phi) is 7.55. The molecule has 3 fully saturated rings. The van der Waals surface area contributed by atoms with Gasteiger partial charge in [0.05, 0.1) is 18.8 Å². The second kappa shape index (κ2) is 10.6. The molecule has 2 N–H and O–H groups in total. The van der Waals surface area contributed by atoms with Crippen molar-refractivity contribution in [2.45, 2.75) is 63.5 Å². The van der Waals surface area contributed by atoms with Gasteiger partial charge in [-0.15, -0.1) is 0 Å². The molecule has 1 aromatic carbocycles. The third-order valence-electron chi connectivity index (χ3n) is 8.35. The van der Waals surface area contributed by atoms with Crippen LogP contribution < -0.4 is 15.6 Å². The van der Waals surface area contributed by atoms with Crippen LogP contribution in [0.4, 0.5) is 23.7 Å². The van der Waals surface area contributed by atoms with E-state index < -0.39 is 17.4 Å². The summed E-state index contributed by atoms with van der Waals surface area (Å²) in [6.07, 6.45) is 2.60. The number of urea groups is 1. The summed E-state index contributed by atoms with van der Waals surface area (Å²) in [6, 6.07) is 4.36. The predicted octanol–water partition coefficient (Wildman–Crippen LogP) is 3.28. The lowest BCUT2D eigenvalue weighted by Gasteiger charge is -2.45. The van der Waals surface area contributed by atoms with Gasteiger partial charge in [-0.1, -0.05) is 6.07 Å². The van der Waals surface area contributed by atoms with E-state index in [0.29, 0.717) is 45.9 Å². The molecule has 4 heterocycles. The molecule has 0 radical (unpaired) electrons. The van der Waals surface area contributed by atoms with Crippen LogP contribution in [0.1, 0.15) is 50.7 Å². The Balaban J connectivity index is 1.24. The van der Waals surface area contributed by atoms with Gasteiger partial charge in [-0.2, -0.15) is 18.6 Å². The van der Waals surface area contributed by atoms with Crippen molar-refractivity contribution in [3.63, 3.8) is 0 Å². The number of nitrogens with zero attached hydrogens (tertiary/aromatic N) is 4. The number of rotatable bonds is 4. The van der Waals surface area contributed by atoms with Gasteiger partial charge in [-0.05, 0) is 62.9 Å². The fourth-order valence-electron chi connectivity index (χ4n) is 6.37. The van der Waals surface area contributed by atoms with Crippen molar-refractivity contribution in [3.8, 4) is 0 Å². The topological polar surface area (TPSA) is 80.4 Å². The fraction of sp³-hybridized carbons (Fsp3) is 0.630. The van der Waals surface area contributed by atoms with Crippen LogP contribution in [-0.2, 0) is 22.3 Å². The Morgan fingerprint density at radius 1 is 1.08 bits per heavy atom. The van der Waals surface area contributed by atoms with E-state index in [-0.39, 0.29) is 23.2 Å². The van der Waals surface area contributed by atoms with Crippen LogP contribution in [0.3, 0.4) is 0 Å². The molecule has 12 heteroatoms. The number of benzene rings is 1. The Morgan fingerprint density at radius 3 is 2.46 bits per heavy atom. The summed E-state index contributed by atoms with van der Waals surface area (Å²) in [7, 11) is 0. The third kappa shape index (κ3) is 5.87. The number of ether oxygens (including phenoxy) is 1. The van der Waals surface area contributed by atoms with Gasteiger partial charge in [0.1, 0.15) is 5.66 Å². The molecule has 214 valence electrons. The van der Waals surface area contributed by atoms with E-state index in [9.17, 15) is 22.8 Å². The zero-order chi connectivity index (χ0) is 27.8. The van der Waals surface area contributed by atoms with Gasteiger partial charge in [0.2, 0.25) is 5.91 Å². The predicted molar refractivity (Wildman–Crippen MR) is 139 cm³/mol. The SMILES string of the molecule is CC(=O)NC1(C)C=CN(C(=O)N2CCC3(CCCN3Cc3ccc(C(F)(F)F)c(N4CCOCC4)c3)CC2)N1. The van der Waals surface area contributed by atoms with E-state index in [1.165, 1.54) is 18.0 Å². The van der Waals surface area contributed by atoms with Crippen molar-refractivity contribution in [1.82, 2.24) is 25.6 Å². The summed E-state index contributed by atoms with van der Waals surface area (Å²) in [4.78, 5) is 30.6. The maximum absolute atomic E-state index is 13.8. The van der Waals surface area contributed by atoms with E-state index in [4.69, 9.17) is 4.74 Å². The Bertz CT molecular complexity index is 1110. The minimum absolute atomic E-state index is 0.0718. The summed E-state index contributed by atoms with van der Waals surface area (Å²) in [5.41, 5.74) is 2.65. The second-order valence-corrected chi connectivity index (χ2v) is 11.1. The number of amides is 3. The first-order valence-corrected chi connectivity index (χ1v) is 13.6. The van der Waals surface area contributed by atoms with Crippen LogP contribution in [0, 0.1) is 0 Å². The van der Waals surface area contributed by atoms with E-state index >= 15 is 0 Å². The summed E-state index contributed by atoms with van der Waals surface area (Å²) >= 11 is 0. The van der Waals surface area contributed by atoms with Crippen LogP contribution in [0.15, 0.2) is 30.5 Å². The molecule has 3 amide bonds. The first-order valence-electron chi connectivity index (χ1n) is 13.6. The number of hydrazine groups is 1. The number of hydrogen-bond acceptors (Lipinski definition) is 6. The smallest absolute Gasteiger partial charge is 0.378 e. The Labute approximate surface area is 226 Å². The standard InChI is InChI=1S/C27H37F3N6O3/c1-20(37)31-25(2)7-13-36(32-25)24(38)34-11-8-26(9-12-34)6-3-10-35(26)19-21-4-5-22(27(28,29)30)23(18-21)33-14-16-39-17-15-33/h4-5,7,13,18,32H,3,6,8-12,14-17,19H2,1-2H3,(H,31,37). The number of likely N-dealkylation sites (tertiary alicyclic amines) is 2. The zero-order valence-corrected chi connectivity index (χ0v) is 22.5. The molecule has 1 spiro atoms. The van der Waals surface area contributed by atoms with Gasteiger partial charge in [0.25, 0.3) is 0 Å². The molecule has 1 aromatic rings. The number of hydrogen-bond donors (Lipinski definition) is 2. The van der Waals surface area contributed by atoms with Crippen molar-refractivity contribution in [1.29, 1.82) is 0 Å². The van der Waals surface area contributed by atoms with Crippen molar-refractivity contribution in [2.75, 3.05) is 50.8 Å². The Morgan fingerprint density at radius 2 is 1.79 bits per heavy atom. The van der Waals surface area contributed by atoms with Crippen LogP contribution in [0.5, 0.6) is 0 Å². The maximum atomic E-state index is 13.8. The summed E-state index contributed by atoms with van der Waals surface area (Å²) < 4.78 is 46.8. The second-order valence-electron chi connectivity index (χ2n) is 11.1. The lowest BCUT2D eigenvalue weighted by Crippen LogP contribution is -2.60. The van der Waals surface area contributed by atoms with Gasteiger partial charge >= 0.3 is 12.2 Å². The Hall–Kier alpha value is -2.83. The fourth-order valence-corrected chi connectivity index (χ4v) is 6.37. The monoisotopic (exact) mass is 550 g/mol. The molecule has 4 aliphatic heterocycles. The van der Waals surface area contributed by atoms with E-state index in [2.05, 4.69) is 15.6 Å². The highest BCUT2D eigenvalue weighted by molar-refractivity contribution is 5.77. The van der Waals surface area contributed by atoms with Crippen molar-refractivity contribution in [3.05, 3.63) is 41.6 Å². The number of anilines is 1. The lowest BCUT2D eigenvalue weighted by molar-refractivity contribution is -0.137. The number of carbonyl (C=O) groups excluding carboxylic acids is 2. The highest BCUT2D eigenvalue weighted by atomic mass is 19.4. The molecule has 39 heavy (non-hydrogen) atoms. The molecule has 4 aliphatic rings. The number of halogens is 3. The lowest BCUT2D eigenvalue weighted by atomic mass is 9.84. The number of carbonyl (C=O) groups is 2. The molecule has 0 bridgehead atoms. The van der Waals surface area contributed by atoms with Crippen LogP contribution in [0.25, 0.3) is 0 Å². The highest BCUT2D eigenvalue weighted by Gasteiger charge is 2.45. The third-order valence-corrected chi connectivity index (χ3v) is 8.35. The minimum Gasteiger partial charge on any atom is -0.378 e. The van der Waals surface area contributed by atoms with Crippen molar-refractivity contribution < 1.29 is 27.5 Å². The summed E-state index contributed by atoms with van der Waals surface area (Å²) in [5, 5.41) is 4.20. The first-order chi connectivity index (χ1) is 18.5. The molecular weight excluding hydrogens is 513 g/mol. The van der Waals surface area contributed by atoms with E-state index in [1.54, 1.807) is 36.2 Å². The van der Waals surface area contributed by atoms with Gasteiger partial charge in [0, 0.05) is 57.1 Å². The molecule has 1 unspecified atom stereocenters. The number of morpholine rings is 1. The number of nitrogens with one attached hydrogen (secondary N) is 2. The minimum atomic E-state index is -4.42. The van der Waals surface area contributed by atoms with Crippen LogP contribution in [-0.4, -0.2) is 83.9 Å². The molecule has 1 atom stereocenters. The largest absolute Gasteiger partial charge is 0.418 e. The highest BCUT2D eigenvalue weighted by Crippen LogP contribution is 2.41. The van der Waals surface area contributed by atoms with Gasteiger partial charge < -0.3 is 19.9 Å². The average Bonchev–Trinajstić information content (AvgIpc) is 3.46. The molecular formula is C27H37F3N6O3. The number of piperidine rings is 1. The summed E-state index contributed by atoms with van der Waals surface area (Å²) in [6.45, 7) is 7.56. The van der Waals surface area contributed by atoms with Gasteiger partial charge in [0.15, 0.2) is 0 Å². The van der Waals surface area contributed by atoms with Gasteiger partial charge in [-0.3, -0.25) is 9.69 Å². The van der Waals surface area contributed by atoms with Crippen molar-refractivity contribution >= 4 is 17.6 Å². The van der Waals surface area contributed by atoms with Crippen molar-refractivity contribution in [2.24, 2.45) is 0 Å². The van der Waals surface area contributed by atoms with Crippen LogP contribution >= 0.6 is 0 Å². The zero-order valence-electron chi connectivity index (χ0n) is 22.5. The van der Waals surface area contributed by atoms with E-state index in [1.807, 2.05) is 4.90 Å². The van der Waals surface area contributed by atoms with Crippen LogP contribution in [0.2, 0.25) is 0 Å². The summed E-state index contributed by atoms with van der Waals surface area (Å²) in [5.74, 6) is -0.199. The quantitative estimate of drug-likeness (QED) is 0.599. The molecule has 0 saturated carbocycles. The maximum Gasteiger partial charge on any atom is 0.418 e. The molecule has 0 aromatic heterocycles. The molecule has 0 aliphatic carbocycles. The molecule has 5 rings (SSSR count). The number of alkyl halides is 3. The normalized spacial score (nSPS) is 25.5. The average molecular weight is 551 g/mol. The molecule has 9 nitrogen and oxygen atoms in total.